The third-order valence-corrected chi connectivity index (χ3v) is 7.46. The van der Waals surface area contributed by atoms with Gasteiger partial charge in [0.25, 0.3) is 11.5 Å². The lowest BCUT2D eigenvalue weighted by atomic mass is 10.1. The molecule has 192 valence electrons. The second-order valence-electron chi connectivity index (χ2n) is 10.1. The Morgan fingerprint density at radius 2 is 1.84 bits per heavy atom. The number of anilines is 5. The van der Waals surface area contributed by atoms with E-state index in [0.717, 1.165) is 62.5 Å². The second kappa shape index (κ2) is 9.11. The topological polar surface area (TPSA) is 115 Å². The van der Waals surface area contributed by atoms with Gasteiger partial charge in [-0.15, -0.1) is 0 Å². The van der Waals surface area contributed by atoms with Crippen molar-refractivity contribution in [2.45, 2.75) is 25.4 Å². The first kappa shape index (κ1) is 23.4. The van der Waals surface area contributed by atoms with Crippen LogP contribution < -0.4 is 31.1 Å². The zero-order chi connectivity index (χ0) is 25.6. The standard InChI is InChI=1S/C27H31N7O3/c1-17-21(15-29-26-23(17)30-16-27(37-26)8-9-27)32-20-7-10-28-24(35)22(20)25(36)31-18-3-5-19(6-4-18)34-13-11-33(2)12-14-34/h3-7,10,15,30H,8-9,11-14,16H2,1-2H3,(H,31,36)(H2,28,32,35). The van der Waals surface area contributed by atoms with Crippen molar-refractivity contribution >= 4 is 34.3 Å². The first-order chi connectivity index (χ1) is 17.9. The maximum atomic E-state index is 13.2. The van der Waals surface area contributed by atoms with Gasteiger partial charge in [-0.2, -0.15) is 0 Å². The van der Waals surface area contributed by atoms with Crippen LogP contribution in [0.4, 0.5) is 28.4 Å². The molecule has 6 rings (SSSR count). The van der Waals surface area contributed by atoms with E-state index >= 15 is 0 Å². The lowest BCUT2D eigenvalue weighted by molar-refractivity contribution is 0.102. The van der Waals surface area contributed by atoms with Crippen molar-refractivity contribution in [1.29, 1.82) is 0 Å². The first-order valence-corrected chi connectivity index (χ1v) is 12.7. The molecule has 0 bridgehead atoms. The van der Waals surface area contributed by atoms with E-state index in [4.69, 9.17) is 4.74 Å². The molecule has 1 saturated heterocycles. The van der Waals surface area contributed by atoms with Crippen LogP contribution in [-0.2, 0) is 0 Å². The number of rotatable bonds is 5. The van der Waals surface area contributed by atoms with Crippen LogP contribution in [-0.4, -0.2) is 66.1 Å². The highest BCUT2D eigenvalue weighted by Crippen LogP contribution is 2.47. The number of aromatic nitrogens is 2. The molecular formula is C27H31N7O3. The summed E-state index contributed by atoms with van der Waals surface area (Å²) in [6, 6.07) is 9.41. The summed E-state index contributed by atoms with van der Waals surface area (Å²) in [7, 11) is 2.13. The van der Waals surface area contributed by atoms with E-state index in [2.05, 4.69) is 42.8 Å². The Bertz CT molecular complexity index is 1390. The molecule has 0 radical (unpaired) electrons. The van der Waals surface area contributed by atoms with E-state index in [0.29, 0.717) is 22.9 Å². The Kier molecular flexibility index (Phi) is 5.75. The van der Waals surface area contributed by atoms with Crippen molar-refractivity contribution in [3.8, 4) is 5.88 Å². The van der Waals surface area contributed by atoms with Gasteiger partial charge >= 0.3 is 0 Å². The number of hydrogen-bond acceptors (Lipinski definition) is 8. The molecule has 10 nitrogen and oxygen atoms in total. The van der Waals surface area contributed by atoms with Gasteiger partial charge in [0.2, 0.25) is 5.88 Å². The molecule has 3 aromatic rings. The lowest BCUT2D eigenvalue weighted by Gasteiger charge is -2.34. The maximum absolute atomic E-state index is 13.2. The van der Waals surface area contributed by atoms with Crippen LogP contribution in [0.2, 0.25) is 0 Å². The maximum Gasteiger partial charge on any atom is 0.263 e. The van der Waals surface area contributed by atoms with Crippen LogP contribution >= 0.6 is 0 Å². The SMILES string of the molecule is Cc1c(Nc2cc[nH]c(=O)c2C(=O)Nc2ccc(N3CCN(C)CC3)cc2)cnc2c1NCC1(CC1)O2. The molecular weight excluding hydrogens is 470 g/mol. The number of piperazine rings is 1. The average molecular weight is 502 g/mol. The van der Waals surface area contributed by atoms with Gasteiger partial charge in [-0.25, -0.2) is 4.98 Å². The minimum atomic E-state index is -0.489. The van der Waals surface area contributed by atoms with Crippen molar-refractivity contribution in [2.24, 2.45) is 0 Å². The Morgan fingerprint density at radius 3 is 2.57 bits per heavy atom. The fraction of sp³-hybridized carbons (Fsp3) is 0.370. The molecule has 4 heterocycles. The predicted octanol–water partition coefficient (Wildman–Crippen LogP) is 3.16. The summed E-state index contributed by atoms with van der Waals surface area (Å²) in [5, 5.41) is 9.55. The summed E-state index contributed by atoms with van der Waals surface area (Å²) in [5.41, 5.74) is 3.99. The smallest absolute Gasteiger partial charge is 0.263 e. The highest BCUT2D eigenvalue weighted by molar-refractivity contribution is 6.08. The number of H-pyrrole nitrogens is 1. The third kappa shape index (κ3) is 4.60. The fourth-order valence-corrected chi connectivity index (χ4v) is 4.87. The number of aromatic amines is 1. The zero-order valence-corrected chi connectivity index (χ0v) is 21.1. The minimum absolute atomic E-state index is 0.00362. The van der Waals surface area contributed by atoms with Crippen molar-refractivity contribution in [2.75, 3.05) is 60.6 Å². The Hall–Kier alpha value is -4.05. The van der Waals surface area contributed by atoms with Crippen LogP contribution in [0.5, 0.6) is 5.88 Å². The lowest BCUT2D eigenvalue weighted by Crippen LogP contribution is -2.44. The molecule has 1 amide bonds. The molecule has 1 saturated carbocycles. The first-order valence-electron chi connectivity index (χ1n) is 12.7. The normalized spacial score (nSPS) is 17.9. The summed E-state index contributed by atoms with van der Waals surface area (Å²) in [6.07, 6.45) is 5.26. The van der Waals surface area contributed by atoms with Gasteiger partial charge in [0.1, 0.15) is 16.9 Å². The Morgan fingerprint density at radius 1 is 1.08 bits per heavy atom. The number of benzene rings is 1. The Balaban J connectivity index is 1.20. The van der Waals surface area contributed by atoms with Gasteiger partial charge in [-0.3, -0.25) is 9.59 Å². The highest BCUT2D eigenvalue weighted by atomic mass is 16.5. The van der Waals surface area contributed by atoms with Crippen LogP contribution in [0.15, 0.2) is 47.5 Å². The number of hydrogen-bond donors (Lipinski definition) is 4. The molecule has 3 aliphatic rings. The summed E-state index contributed by atoms with van der Waals surface area (Å²) < 4.78 is 6.09. The van der Waals surface area contributed by atoms with Crippen LogP contribution in [0.1, 0.15) is 28.8 Å². The van der Waals surface area contributed by atoms with Crippen LogP contribution in [0.3, 0.4) is 0 Å². The highest BCUT2D eigenvalue weighted by Gasteiger charge is 2.48. The molecule has 10 heteroatoms. The molecule has 0 unspecified atom stereocenters. The van der Waals surface area contributed by atoms with Crippen molar-refractivity contribution < 1.29 is 9.53 Å². The third-order valence-electron chi connectivity index (χ3n) is 7.46. The van der Waals surface area contributed by atoms with Gasteiger partial charge in [0.15, 0.2) is 0 Å². The number of nitrogens with zero attached hydrogens (tertiary/aromatic N) is 3. The second-order valence-corrected chi connectivity index (χ2v) is 10.1. The zero-order valence-electron chi connectivity index (χ0n) is 21.1. The van der Waals surface area contributed by atoms with Gasteiger partial charge < -0.3 is 35.5 Å². The molecule has 37 heavy (non-hydrogen) atoms. The summed E-state index contributed by atoms with van der Waals surface area (Å²) in [5.74, 6) is 0.105. The van der Waals surface area contributed by atoms with Crippen molar-refractivity contribution in [1.82, 2.24) is 14.9 Å². The van der Waals surface area contributed by atoms with E-state index in [1.54, 1.807) is 12.3 Å². The summed E-state index contributed by atoms with van der Waals surface area (Å²) in [6.45, 7) is 6.69. The predicted molar refractivity (Wildman–Crippen MR) is 145 cm³/mol. The van der Waals surface area contributed by atoms with Gasteiger partial charge in [0, 0.05) is 49.3 Å². The van der Waals surface area contributed by atoms with E-state index in [1.807, 2.05) is 31.2 Å². The van der Waals surface area contributed by atoms with Crippen molar-refractivity contribution in [3.63, 3.8) is 0 Å². The van der Waals surface area contributed by atoms with Gasteiger partial charge in [-0.1, -0.05) is 0 Å². The summed E-state index contributed by atoms with van der Waals surface area (Å²) in [4.78, 5) is 37.7. The van der Waals surface area contributed by atoms with E-state index in [1.165, 1.54) is 6.20 Å². The molecule has 4 N–H and O–H groups in total. The van der Waals surface area contributed by atoms with E-state index in [9.17, 15) is 9.59 Å². The monoisotopic (exact) mass is 501 g/mol. The number of nitrogens with one attached hydrogen (secondary N) is 4. The minimum Gasteiger partial charge on any atom is -0.468 e. The van der Waals surface area contributed by atoms with Gasteiger partial charge in [-0.05, 0) is 57.1 Å². The van der Waals surface area contributed by atoms with E-state index in [-0.39, 0.29) is 11.2 Å². The molecule has 1 aliphatic carbocycles. The Labute approximate surface area is 215 Å². The van der Waals surface area contributed by atoms with Crippen LogP contribution in [0.25, 0.3) is 0 Å². The fourth-order valence-electron chi connectivity index (χ4n) is 4.87. The molecule has 1 aromatic carbocycles. The van der Waals surface area contributed by atoms with Gasteiger partial charge in [0.05, 0.1) is 24.1 Å². The summed E-state index contributed by atoms with van der Waals surface area (Å²) >= 11 is 0. The van der Waals surface area contributed by atoms with Crippen LogP contribution in [0, 0.1) is 6.92 Å². The largest absolute Gasteiger partial charge is 0.468 e. The quantitative estimate of drug-likeness (QED) is 0.422. The van der Waals surface area contributed by atoms with E-state index < -0.39 is 11.5 Å². The molecule has 0 atom stereocenters. The molecule has 1 spiro atoms. The number of carbonyl (C=O) groups excluding carboxylic acids is 1. The molecule has 2 aliphatic heterocycles. The molecule has 2 fully saturated rings. The number of fused-ring (bicyclic) bond motifs is 1. The molecule has 2 aromatic heterocycles. The average Bonchev–Trinajstić information content (AvgIpc) is 3.65. The number of pyridine rings is 2. The number of ether oxygens (including phenoxy) is 1. The number of likely N-dealkylation sites (N-methyl/N-ethyl adjacent to an activating group) is 1. The number of carbonyl (C=O) groups is 1. The number of amides is 1. The van der Waals surface area contributed by atoms with Crippen molar-refractivity contribution in [3.05, 3.63) is 64.2 Å².